The van der Waals surface area contributed by atoms with E-state index in [1.807, 2.05) is 20.8 Å². The monoisotopic (exact) mass is 325 g/mol. The summed E-state index contributed by atoms with van der Waals surface area (Å²) < 4.78 is 51.5. The maximum Gasteiger partial charge on any atom is 0.446 e. The van der Waals surface area contributed by atoms with Crippen molar-refractivity contribution in [2.45, 2.75) is 48.9 Å². The second kappa shape index (κ2) is 6.60. The molecule has 0 fully saturated rings. The fourth-order valence-corrected chi connectivity index (χ4v) is 2.81. The van der Waals surface area contributed by atoms with Crippen molar-refractivity contribution in [1.82, 2.24) is 4.72 Å². The van der Waals surface area contributed by atoms with Crippen molar-refractivity contribution in [1.29, 1.82) is 0 Å². The van der Waals surface area contributed by atoms with E-state index in [1.165, 1.54) is 12.1 Å². The number of nitrogens with one attached hydrogen (secondary N) is 1. The van der Waals surface area contributed by atoms with Gasteiger partial charge in [-0.2, -0.15) is 13.2 Å². The molecule has 0 aliphatic carbocycles. The molecule has 7 heteroatoms. The van der Waals surface area contributed by atoms with Crippen molar-refractivity contribution < 1.29 is 17.7 Å². The molecule has 0 spiro atoms. The van der Waals surface area contributed by atoms with Crippen LogP contribution in [0, 0.1) is 0 Å². The van der Waals surface area contributed by atoms with Crippen molar-refractivity contribution >= 4 is 23.1 Å². The van der Waals surface area contributed by atoms with E-state index in [2.05, 4.69) is 4.72 Å². The Bertz CT molecular complexity index is 446. The molecule has 1 rings (SSSR count). The maximum absolute atomic E-state index is 12.3. The zero-order valence-corrected chi connectivity index (χ0v) is 13.4. The Balaban J connectivity index is 2.79. The van der Waals surface area contributed by atoms with Crippen molar-refractivity contribution in [3.8, 4) is 0 Å². The van der Waals surface area contributed by atoms with Crippen LogP contribution in [-0.4, -0.2) is 14.8 Å². The first-order chi connectivity index (χ1) is 8.99. The van der Waals surface area contributed by atoms with Crippen LogP contribution in [0.15, 0.2) is 29.2 Å². The van der Waals surface area contributed by atoms with Crippen LogP contribution in [0.25, 0.3) is 0 Å². The van der Waals surface area contributed by atoms with Crippen LogP contribution in [0.2, 0.25) is 0 Å². The highest BCUT2D eigenvalue weighted by molar-refractivity contribution is 8.00. The van der Waals surface area contributed by atoms with Gasteiger partial charge in [-0.3, -0.25) is 0 Å². The minimum Gasteiger partial charge on any atom is -0.598 e. The summed E-state index contributed by atoms with van der Waals surface area (Å²) in [6.45, 7) is 7.28. The van der Waals surface area contributed by atoms with Crippen molar-refractivity contribution in [2.24, 2.45) is 0 Å². The van der Waals surface area contributed by atoms with Crippen LogP contribution in [0.1, 0.15) is 39.3 Å². The van der Waals surface area contributed by atoms with Crippen LogP contribution in [0.3, 0.4) is 0 Å². The van der Waals surface area contributed by atoms with Crippen LogP contribution in [-0.2, 0) is 11.4 Å². The molecule has 0 saturated carbocycles. The van der Waals surface area contributed by atoms with E-state index in [0.717, 1.165) is 0 Å². The van der Waals surface area contributed by atoms with E-state index >= 15 is 0 Å². The largest absolute Gasteiger partial charge is 0.598 e. The molecule has 0 aliphatic heterocycles. The number of hydrogen-bond acceptors (Lipinski definition) is 3. The summed E-state index contributed by atoms with van der Waals surface area (Å²) in [6, 6.07) is 5.88. The van der Waals surface area contributed by atoms with Crippen LogP contribution >= 0.6 is 11.8 Å². The average Bonchev–Trinajstić information content (AvgIpc) is 2.25. The molecule has 0 amide bonds. The van der Waals surface area contributed by atoms with Gasteiger partial charge in [-0.05, 0) is 57.2 Å². The fourth-order valence-electron chi connectivity index (χ4n) is 1.39. The zero-order chi connectivity index (χ0) is 15.6. The van der Waals surface area contributed by atoms with Gasteiger partial charge in [0.25, 0.3) is 0 Å². The number of halogens is 3. The van der Waals surface area contributed by atoms with Crippen LogP contribution in [0.5, 0.6) is 0 Å². The lowest BCUT2D eigenvalue weighted by molar-refractivity contribution is -0.0328. The molecule has 2 nitrogen and oxygen atoms in total. The molecular weight excluding hydrogens is 307 g/mol. The lowest BCUT2D eigenvalue weighted by atomic mass is 10.1. The maximum atomic E-state index is 12.3. The van der Waals surface area contributed by atoms with Crippen molar-refractivity contribution in [3.63, 3.8) is 0 Å². The van der Waals surface area contributed by atoms with Gasteiger partial charge in [-0.1, -0.05) is 12.1 Å². The first kappa shape index (κ1) is 17.7. The highest BCUT2D eigenvalue weighted by Crippen LogP contribution is 2.37. The van der Waals surface area contributed by atoms with E-state index in [1.54, 1.807) is 19.1 Å². The molecule has 0 unspecified atom stereocenters. The molecule has 1 aromatic carbocycles. The highest BCUT2D eigenvalue weighted by Gasteiger charge is 2.30. The van der Waals surface area contributed by atoms with Gasteiger partial charge in [0.1, 0.15) is 4.75 Å². The van der Waals surface area contributed by atoms with E-state index in [-0.39, 0.29) is 22.7 Å². The Morgan fingerprint density at radius 3 is 2.35 bits per heavy atom. The molecular formula is C13H18F3NOS2. The Kier molecular flexibility index (Phi) is 5.83. The SMILES string of the molecule is C[C@H](N[S@@+]([O-])C(C)(C)C)c1cccc(SC(F)(F)F)c1. The second-order valence-electron chi connectivity index (χ2n) is 5.34. The Labute approximate surface area is 124 Å². The van der Waals surface area contributed by atoms with E-state index in [4.69, 9.17) is 0 Å². The van der Waals surface area contributed by atoms with Gasteiger partial charge in [-0.25, -0.2) is 0 Å². The van der Waals surface area contributed by atoms with Crippen molar-refractivity contribution in [2.75, 3.05) is 0 Å². The first-order valence-electron chi connectivity index (χ1n) is 6.03. The third-order valence-corrected chi connectivity index (χ3v) is 4.83. The van der Waals surface area contributed by atoms with Crippen LogP contribution < -0.4 is 4.72 Å². The number of benzene rings is 1. The molecule has 1 aromatic rings. The lowest BCUT2D eigenvalue weighted by Crippen LogP contribution is -2.40. The smallest absolute Gasteiger partial charge is 0.446 e. The minimum absolute atomic E-state index is 0.130. The fraction of sp³-hybridized carbons (Fsp3) is 0.538. The predicted molar refractivity (Wildman–Crippen MR) is 77.8 cm³/mol. The minimum atomic E-state index is -4.30. The zero-order valence-electron chi connectivity index (χ0n) is 11.7. The van der Waals surface area contributed by atoms with Gasteiger partial charge in [0.05, 0.1) is 6.04 Å². The normalized spacial score (nSPS) is 16.0. The third kappa shape index (κ3) is 5.95. The summed E-state index contributed by atoms with van der Waals surface area (Å²) >= 11 is -1.42. The third-order valence-electron chi connectivity index (χ3n) is 2.43. The quantitative estimate of drug-likeness (QED) is 0.658. The molecule has 0 saturated heterocycles. The number of rotatable bonds is 4. The second-order valence-corrected chi connectivity index (χ2v) is 8.48. The van der Waals surface area contributed by atoms with Gasteiger partial charge in [0.2, 0.25) is 0 Å². The van der Waals surface area contributed by atoms with Gasteiger partial charge >= 0.3 is 5.51 Å². The molecule has 1 N–H and O–H groups in total. The Morgan fingerprint density at radius 1 is 1.25 bits per heavy atom. The number of hydrogen-bond donors (Lipinski definition) is 1. The molecule has 114 valence electrons. The summed E-state index contributed by atoms with van der Waals surface area (Å²) in [5, 5.41) is 0. The first-order valence-corrected chi connectivity index (χ1v) is 7.99. The Hall–Kier alpha value is -0.370. The number of thioether (sulfide) groups is 1. The van der Waals surface area contributed by atoms with Gasteiger partial charge in [-0.15, -0.1) is 4.72 Å². The van der Waals surface area contributed by atoms with Gasteiger partial charge < -0.3 is 4.55 Å². The topological polar surface area (TPSA) is 35.1 Å². The van der Waals surface area contributed by atoms with Crippen molar-refractivity contribution in [3.05, 3.63) is 29.8 Å². The molecule has 0 heterocycles. The predicted octanol–water partition coefficient (Wildman–Crippen LogP) is 4.41. The van der Waals surface area contributed by atoms with E-state index in [9.17, 15) is 17.7 Å². The summed E-state index contributed by atoms with van der Waals surface area (Å²) in [5.74, 6) is 0. The molecule has 0 bridgehead atoms. The molecule has 20 heavy (non-hydrogen) atoms. The Morgan fingerprint density at radius 2 is 1.85 bits per heavy atom. The summed E-state index contributed by atoms with van der Waals surface area (Å²) in [6.07, 6.45) is 0. The summed E-state index contributed by atoms with van der Waals surface area (Å²) in [5.41, 5.74) is -3.62. The lowest BCUT2D eigenvalue weighted by Gasteiger charge is -2.26. The van der Waals surface area contributed by atoms with Gasteiger partial charge in [0.15, 0.2) is 0 Å². The molecule has 2 atom stereocenters. The highest BCUT2D eigenvalue weighted by atomic mass is 32.2. The van der Waals surface area contributed by atoms with E-state index < -0.39 is 21.6 Å². The number of alkyl halides is 3. The molecule has 0 radical (unpaired) electrons. The van der Waals surface area contributed by atoms with E-state index in [0.29, 0.717) is 5.56 Å². The molecule has 0 aromatic heterocycles. The molecule has 0 aliphatic rings. The van der Waals surface area contributed by atoms with Crippen LogP contribution in [0.4, 0.5) is 13.2 Å². The summed E-state index contributed by atoms with van der Waals surface area (Å²) in [7, 11) is 0. The summed E-state index contributed by atoms with van der Waals surface area (Å²) in [4.78, 5) is 0.130. The van der Waals surface area contributed by atoms with Gasteiger partial charge in [0, 0.05) is 16.3 Å². The average molecular weight is 325 g/mol. The standard InChI is InChI=1S/C13H18F3NOS2/c1-9(17-20(18)12(2,3)4)10-6-5-7-11(8-10)19-13(14,15)16/h5-9,17H,1-4H3/t9-,20-/m0/s1.